The lowest BCUT2D eigenvalue weighted by Gasteiger charge is -2.35. The minimum absolute atomic E-state index is 0.0384. The number of benzene rings is 1. The molecule has 0 saturated heterocycles. The average Bonchev–Trinajstić information content (AvgIpc) is 3.39. The van der Waals surface area contributed by atoms with Crippen LogP contribution in [0.25, 0.3) is 10.1 Å². The molecule has 0 fully saturated rings. The van der Waals surface area contributed by atoms with Crippen LogP contribution in [0.1, 0.15) is 38.5 Å². The second-order valence-corrected chi connectivity index (χ2v) is 11.0. The van der Waals surface area contributed by atoms with Crippen molar-refractivity contribution in [1.29, 1.82) is 5.26 Å². The molecule has 2 amide bonds. The number of hydrogen-bond donors (Lipinski definition) is 1. The van der Waals surface area contributed by atoms with E-state index in [1.807, 2.05) is 24.3 Å². The number of carbonyl (C=O) groups excluding carboxylic acids is 2. The number of piperidine rings is 1. The second kappa shape index (κ2) is 8.29. The minimum atomic E-state index is -0.673. The molecule has 4 rings (SSSR count). The largest absolute Gasteiger partial charge is 0.443 e. The summed E-state index contributed by atoms with van der Waals surface area (Å²) in [5.74, 6) is -0.347. The molecule has 1 N–H and O–H groups in total. The van der Waals surface area contributed by atoms with Crippen LogP contribution in [0.5, 0.6) is 0 Å². The fourth-order valence-electron chi connectivity index (χ4n) is 4.16. The Hall–Kier alpha value is -2.37. The molecule has 2 aromatic rings. The zero-order valence-electron chi connectivity index (χ0n) is 17.6. The van der Waals surface area contributed by atoms with E-state index in [-0.39, 0.29) is 11.8 Å². The van der Waals surface area contributed by atoms with Gasteiger partial charge in [0.15, 0.2) is 0 Å². The summed E-state index contributed by atoms with van der Waals surface area (Å²) in [6.07, 6.45) is 3.48. The summed E-state index contributed by atoms with van der Waals surface area (Å²) in [7, 11) is 0. The lowest BCUT2D eigenvalue weighted by Crippen LogP contribution is -2.54. The van der Waals surface area contributed by atoms with Crippen molar-refractivity contribution >= 4 is 49.4 Å². The van der Waals surface area contributed by atoms with Gasteiger partial charge in [0.25, 0.3) is 0 Å². The standard InChI is InChI=1S/C23H24BrN3O3S/c1-23(2,3)30-22(29)27-17-6-4-13(9-17)20(27)21(28)26-16(12-25)11-18-10-14-8-15(24)5-7-19(14)31-18/h5,7-10,13,16,20H,4,6,11H2,1-3H3,(H,26,28). The van der Waals surface area contributed by atoms with Crippen molar-refractivity contribution in [1.82, 2.24) is 10.2 Å². The molecule has 0 spiro atoms. The molecule has 8 heteroatoms. The van der Waals surface area contributed by atoms with Crippen LogP contribution in [-0.4, -0.2) is 34.6 Å². The molecule has 162 valence electrons. The number of fused-ring (bicyclic) bond motifs is 2. The van der Waals surface area contributed by atoms with Gasteiger partial charge < -0.3 is 10.1 Å². The molecule has 3 unspecified atom stereocenters. The van der Waals surface area contributed by atoms with Crippen molar-refractivity contribution in [3.05, 3.63) is 45.4 Å². The van der Waals surface area contributed by atoms with Gasteiger partial charge in [-0.15, -0.1) is 11.3 Å². The van der Waals surface area contributed by atoms with Gasteiger partial charge in [0.1, 0.15) is 17.7 Å². The number of amides is 2. The zero-order chi connectivity index (χ0) is 22.3. The number of halogens is 1. The summed E-state index contributed by atoms with van der Waals surface area (Å²) in [5.41, 5.74) is 0.189. The van der Waals surface area contributed by atoms with Gasteiger partial charge >= 0.3 is 6.09 Å². The SMILES string of the molecule is CC(C)(C)OC(=O)N1C2=CC(CC2)C1C(=O)NC(C#N)Cc1cc2cc(Br)ccc2s1. The Morgan fingerprint density at radius 2 is 2.16 bits per heavy atom. The first-order valence-electron chi connectivity index (χ1n) is 10.3. The highest BCUT2D eigenvalue weighted by Gasteiger charge is 2.48. The molecule has 3 atom stereocenters. The van der Waals surface area contributed by atoms with E-state index in [1.54, 1.807) is 32.1 Å². The maximum absolute atomic E-state index is 13.1. The molecule has 1 aromatic heterocycles. The molecule has 0 saturated carbocycles. The lowest BCUT2D eigenvalue weighted by atomic mass is 9.96. The van der Waals surface area contributed by atoms with E-state index in [4.69, 9.17) is 4.74 Å². The second-order valence-electron chi connectivity index (χ2n) is 8.94. The van der Waals surface area contributed by atoms with Gasteiger partial charge in [-0.2, -0.15) is 5.26 Å². The van der Waals surface area contributed by atoms with Crippen molar-refractivity contribution in [3.63, 3.8) is 0 Å². The summed E-state index contributed by atoms with van der Waals surface area (Å²) in [6, 6.07) is 8.98. The zero-order valence-corrected chi connectivity index (χ0v) is 20.0. The number of allylic oxidation sites excluding steroid dienone is 1. The summed E-state index contributed by atoms with van der Waals surface area (Å²) < 4.78 is 7.66. The Kier molecular flexibility index (Phi) is 5.84. The normalized spacial score (nSPS) is 21.0. The van der Waals surface area contributed by atoms with Crippen LogP contribution in [0.4, 0.5) is 4.79 Å². The van der Waals surface area contributed by atoms with Gasteiger partial charge in [-0.05, 0) is 63.3 Å². The monoisotopic (exact) mass is 501 g/mol. The maximum atomic E-state index is 13.1. The van der Waals surface area contributed by atoms with E-state index in [0.29, 0.717) is 6.42 Å². The summed E-state index contributed by atoms with van der Waals surface area (Å²) in [4.78, 5) is 28.4. The third kappa shape index (κ3) is 4.63. The van der Waals surface area contributed by atoms with Gasteiger partial charge in [0, 0.05) is 32.1 Å². The van der Waals surface area contributed by atoms with E-state index in [2.05, 4.69) is 33.4 Å². The third-order valence-electron chi connectivity index (χ3n) is 5.40. The molecule has 2 heterocycles. The van der Waals surface area contributed by atoms with Gasteiger partial charge in [-0.3, -0.25) is 9.69 Å². The topological polar surface area (TPSA) is 82.4 Å². The summed E-state index contributed by atoms with van der Waals surface area (Å²) >= 11 is 5.09. The van der Waals surface area contributed by atoms with Crippen LogP contribution in [-0.2, 0) is 16.0 Å². The van der Waals surface area contributed by atoms with Crippen molar-refractivity contribution in [2.75, 3.05) is 0 Å². The molecule has 1 aromatic carbocycles. The van der Waals surface area contributed by atoms with E-state index in [9.17, 15) is 14.9 Å². The van der Waals surface area contributed by atoms with Crippen molar-refractivity contribution in [2.45, 2.75) is 57.7 Å². The molecule has 31 heavy (non-hydrogen) atoms. The maximum Gasteiger partial charge on any atom is 0.415 e. The Labute approximate surface area is 194 Å². The van der Waals surface area contributed by atoms with Crippen molar-refractivity contribution in [3.8, 4) is 6.07 Å². The van der Waals surface area contributed by atoms with Crippen molar-refractivity contribution in [2.24, 2.45) is 5.92 Å². The van der Waals surface area contributed by atoms with Crippen LogP contribution in [0.2, 0.25) is 0 Å². The number of nitrogens with one attached hydrogen (secondary N) is 1. The lowest BCUT2D eigenvalue weighted by molar-refractivity contribution is -0.127. The number of rotatable bonds is 4. The molecule has 6 nitrogen and oxygen atoms in total. The Morgan fingerprint density at radius 1 is 1.39 bits per heavy atom. The first-order valence-corrected chi connectivity index (χ1v) is 11.9. The number of ether oxygens (including phenoxy) is 1. The van der Waals surface area contributed by atoms with Crippen LogP contribution in [0, 0.1) is 17.2 Å². The molecule has 2 aliphatic rings. The van der Waals surface area contributed by atoms with Crippen LogP contribution < -0.4 is 5.32 Å². The molecular weight excluding hydrogens is 478 g/mol. The first kappa shape index (κ1) is 21.8. The van der Waals surface area contributed by atoms with Crippen LogP contribution in [0.15, 0.2) is 40.5 Å². The quantitative estimate of drug-likeness (QED) is 0.629. The van der Waals surface area contributed by atoms with Gasteiger partial charge in [-0.25, -0.2) is 4.79 Å². The number of carbonyl (C=O) groups is 2. The fraction of sp³-hybridized carbons (Fsp3) is 0.435. The Balaban J connectivity index is 1.47. The van der Waals surface area contributed by atoms with Gasteiger partial charge in [0.05, 0.1) is 6.07 Å². The number of thiophene rings is 1. The number of likely N-dealkylation sites (tertiary alicyclic amines) is 1. The highest BCUT2D eigenvalue weighted by atomic mass is 79.9. The molecule has 1 aliphatic heterocycles. The molecular formula is C23H24BrN3O3S. The third-order valence-corrected chi connectivity index (χ3v) is 7.03. The average molecular weight is 502 g/mol. The highest BCUT2D eigenvalue weighted by molar-refractivity contribution is 9.10. The van der Waals surface area contributed by atoms with Crippen LogP contribution >= 0.6 is 27.3 Å². The Morgan fingerprint density at radius 3 is 2.87 bits per heavy atom. The molecule has 0 radical (unpaired) electrons. The first-order chi connectivity index (χ1) is 14.6. The predicted octanol–water partition coefficient (Wildman–Crippen LogP) is 5.13. The minimum Gasteiger partial charge on any atom is -0.443 e. The molecule has 1 aliphatic carbocycles. The van der Waals surface area contributed by atoms with E-state index in [0.717, 1.165) is 38.0 Å². The Bertz CT molecular complexity index is 1110. The highest BCUT2D eigenvalue weighted by Crippen LogP contribution is 2.41. The van der Waals surface area contributed by atoms with Gasteiger partial charge in [0.2, 0.25) is 5.91 Å². The van der Waals surface area contributed by atoms with E-state index < -0.39 is 23.8 Å². The fourth-order valence-corrected chi connectivity index (χ4v) is 5.63. The van der Waals surface area contributed by atoms with Crippen LogP contribution in [0.3, 0.4) is 0 Å². The number of nitrogens with zero attached hydrogens (tertiary/aromatic N) is 2. The van der Waals surface area contributed by atoms with Gasteiger partial charge in [-0.1, -0.05) is 22.0 Å². The smallest absolute Gasteiger partial charge is 0.415 e. The number of hydrogen-bond acceptors (Lipinski definition) is 5. The van der Waals surface area contributed by atoms with E-state index >= 15 is 0 Å². The molecule has 2 bridgehead atoms. The predicted molar refractivity (Wildman–Crippen MR) is 123 cm³/mol. The summed E-state index contributed by atoms with van der Waals surface area (Å²) in [5, 5.41) is 13.6. The van der Waals surface area contributed by atoms with Crippen molar-refractivity contribution < 1.29 is 14.3 Å². The van der Waals surface area contributed by atoms with E-state index in [1.165, 1.54) is 4.90 Å². The number of nitriles is 1. The summed E-state index contributed by atoms with van der Waals surface area (Å²) in [6.45, 7) is 5.41.